The zero-order chi connectivity index (χ0) is 97.1. The number of ether oxygens (including phenoxy) is 4. The van der Waals surface area contributed by atoms with Gasteiger partial charge in [-0.05, 0) is 150 Å². The van der Waals surface area contributed by atoms with Gasteiger partial charge in [0.2, 0.25) is 22.9 Å². The Morgan fingerprint density at radius 3 is 1.03 bits per heavy atom. The predicted molar refractivity (Wildman–Crippen MR) is 565 cm³/mol. The van der Waals surface area contributed by atoms with Crippen LogP contribution in [0.2, 0.25) is 0 Å². The van der Waals surface area contributed by atoms with Gasteiger partial charge in [-0.2, -0.15) is 28.6 Å². The van der Waals surface area contributed by atoms with Gasteiger partial charge in [-0.15, -0.1) is 11.8 Å². The van der Waals surface area contributed by atoms with Crippen LogP contribution in [-0.2, 0) is 94.0 Å². The highest BCUT2D eigenvalue weighted by atomic mass is 32.2. The van der Waals surface area contributed by atoms with Crippen LogP contribution >= 0.6 is 23.5 Å². The number of aromatic nitrogens is 12. The van der Waals surface area contributed by atoms with Gasteiger partial charge in [0, 0.05) is 168 Å². The SMILES string of the molecule is C1=Cc2c(cccc2-c2nc(N3CCOCC3)c3oc4ncc(CN5CCSC5)cc4c3n2)C1.C1=Cc2c(cccc2-c2nc(N3CCOCC3)c3oc4ncc(CN5CCSCC5)cc4c3n2)C1.CCCCN(C)Cc1cnc2oc3c(N4CCOCC4)nc(-c4cccc5c4C=CC5)nc3c2c1.CCCNCc1cnc2oc3c(N4CCOCC4)nc(-c4cccc5c4C=CC5)nc3c2c1.O=S=O.O=S=O. The van der Waals surface area contributed by atoms with Crippen LogP contribution in [0.1, 0.15) is 99.9 Å². The number of nitrogens with one attached hydrogen (secondary N) is 1. The highest BCUT2D eigenvalue weighted by Gasteiger charge is 2.33. The average Bonchev–Trinajstić information content (AvgIpc) is 1.61. The van der Waals surface area contributed by atoms with Gasteiger partial charge < -0.3 is 66.4 Å². The Balaban J connectivity index is 0.000000110. The van der Waals surface area contributed by atoms with Gasteiger partial charge in [0.15, 0.2) is 68.9 Å². The summed E-state index contributed by atoms with van der Waals surface area (Å²) in [6, 6.07) is 34.3. The Morgan fingerprint density at radius 2 is 0.692 bits per heavy atom. The van der Waals surface area contributed by atoms with Crippen LogP contribution in [0, 0.1) is 0 Å². The van der Waals surface area contributed by atoms with Gasteiger partial charge in [0.1, 0.15) is 22.1 Å². The van der Waals surface area contributed by atoms with Crippen molar-refractivity contribution in [3.63, 3.8) is 0 Å². The normalized spacial score (nSPS) is 16.5. The molecule has 26 rings (SSSR count). The minimum Gasteiger partial charge on any atom is -0.432 e. The molecule has 4 aromatic carbocycles. The summed E-state index contributed by atoms with van der Waals surface area (Å²) in [4.78, 5) is 75.6. The summed E-state index contributed by atoms with van der Waals surface area (Å²) >= 11 is 2.51. The molecule has 0 amide bonds. The fourth-order valence-corrected chi connectivity index (χ4v) is 22.0. The van der Waals surface area contributed by atoms with Crippen molar-refractivity contribution >= 4 is 183 Å². The molecule has 1 N–H and O–H groups in total. The highest BCUT2D eigenvalue weighted by molar-refractivity contribution is 7.99. The number of unbranched alkanes of at least 4 members (excludes halogenated alkanes) is 1. The smallest absolute Gasteiger partial charge is 0.335 e. The van der Waals surface area contributed by atoms with E-state index in [9.17, 15) is 0 Å². The maximum absolute atomic E-state index is 8.29. The van der Waals surface area contributed by atoms with Crippen molar-refractivity contribution in [1.82, 2.24) is 79.8 Å². The Hall–Kier alpha value is -12.8. The van der Waals surface area contributed by atoms with E-state index >= 15 is 0 Å². The molecule has 143 heavy (non-hydrogen) atoms. The molecule has 0 spiro atoms. The maximum atomic E-state index is 8.29. The molecule has 0 radical (unpaired) electrons. The molecule has 0 bridgehead atoms. The van der Waals surface area contributed by atoms with Gasteiger partial charge >= 0.3 is 23.1 Å². The second kappa shape index (κ2) is 45.0. The first-order chi connectivity index (χ1) is 70.5. The van der Waals surface area contributed by atoms with Crippen LogP contribution in [0.25, 0.3) is 159 Å². The van der Waals surface area contributed by atoms with E-state index in [-0.39, 0.29) is 0 Å². The van der Waals surface area contributed by atoms with Crippen molar-refractivity contribution < 1.29 is 53.5 Å². The van der Waals surface area contributed by atoms with Gasteiger partial charge in [0.05, 0.1) is 74.4 Å². The number of nitrogens with zero attached hydrogens (tertiary/aromatic N) is 19. The van der Waals surface area contributed by atoms with Crippen molar-refractivity contribution in [3.05, 3.63) is 213 Å². The van der Waals surface area contributed by atoms with Crippen LogP contribution in [0.5, 0.6) is 0 Å². The number of pyridine rings is 4. The molecule has 10 aliphatic rings. The van der Waals surface area contributed by atoms with Crippen molar-refractivity contribution in [1.29, 1.82) is 0 Å². The summed E-state index contributed by atoms with van der Waals surface area (Å²) in [5.74, 6) is 10.9. The van der Waals surface area contributed by atoms with Gasteiger partial charge in [-0.3, -0.25) is 9.80 Å². The third-order valence-corrected chi connectivity index (χ3v) is 29.1. The van der Waals surface area contributed by atoms with E-state index in [1.54, 1.807) is 0 Å². The molecule has 4 aliphatic carbocycles. The quantitative estimate of drug-likeness (QED) is 0.0653. The molecular weight excluding hydrogens is 1890 g/mol. The van der Waals surface area contributed by atoms with Crippen molar-refractivity contribution in [3.8, 4) is 45.6 Å². The highest BCUT2D eigenvalue weighted by Crippen LogP contribution is 2.44. The molecule has 32 nitrogen and oxygen atoms in total. The van der Waals surface area contributed by atoms with E-state index in [4.69, 9.17) is 98.3 Å². The number of thioether (sulfide) groups is 2. The van der Waals surface area contributed by atoms with Crippen LogP contribution in [-0.4, -0.2) is 259 Å². The van der Waals surface area contributed by atoms with E-state index < -0.39 is 23.1 Å². The molecule has 16 aromatic rings. The monoisotopic (exact) mass is 1990 g/mol. The lowest BCUT2D eigenvalue weighted by atomic mass is 10.0. The fraction of sp³-hybridized carbons (Fsp3) is 0.364. The summed E-state index contributed by atoms with van der Waals surface area (Å²) in [5, 5.41) is 7.25. The molecule has 6 fully saturated rings. The number of allylic oxidation sites excluding steroid dienone is 4. The third-order valence-electron chi connectivity index (χ3n) is 27.2. The van der Waals surface area contributed by atoms with Crippen molar-refractivity contribution in [2.75, 3.05) is 188 Å². The maximum Gasteiger partial charge on any atom is 0.335 e. The van der Waals surface area contributed by atoms with Crippen LogP contribution in [0.15, 0.2) is 164 Å². The van der Waals surface area contributed by atoms with Crippen molar-refractivity contribution in [2.24, 2.45) is 0 Å². The van der Waals surface area contributed by atoms with Crippen molar-refractivity contribution in [2.45, 2.75) is 85.0 Å². The molecule has 0 atom stereocenters. The topological polar surface area (TPSA) is 347 Å². The minimum absolute atomic E-state index is 0.600. The predicted octanol–water partition coefficient (Wildman–Crippen LogP) is 16.8. The average molecular weight is 2000 g/mol. The number of morpholine rings is 4. The Morgan fingerprint density at radius 1 is 0.378 bits per heavy atom. The molecule has 12 aromatic heterocycles. The molecule has 6 aliphatic heterocycles. The molecule has 18 heterocycles. The molecule has 0 unspecified atom stereocenters. The lowest BCUT2D eigenvalue weighted by Gasteiger charge is -2.27. The standard InChI is InChI=1S/C28H31N5O2.C27H27N5O2S.C26H25N5O2S.C26H27N5O2.2O2S/c1-3-4-11-32(2)18-19-16-23-24-25(35-28(23)29-17-19)27(33-12-14-34-15-13-33)31-26(30-24)22-10-6-8-20-7-5-9-21(20)22;1-3-19-4-2-6-21(20(19)5-1)25-29-23-22-15-18(17-31-9-13-35-14-10-31)16-28-27(22)34-24(23)26(30-25)32-7-11-33-12-8-32;1-3-18-4-2-6-20(19(18)5-1)24-28-22-21-13-17(15-30-9-12-34-16-30)14-27-26(21)33-23(22)25(29-24)31-7-10-32-11-8-31;1-2-9-27-15-17-14-21-22-23(33-26(21)28-16-17)25(31-10-12-32-13-11-31)30-24(29-22)20-8-4-6-18-5-3-7-19(18)20;2*1-3-2/h5-6,8-10,16-17H,3-4,7,11-15,18H2,1-2H3;1-2,4-6,15-16H,3,7-14,17H2;1-2,4-6,13-14H,3,7-12,15-16H2;3-4,6-8,14,16,27H,2,5,9-13,15H2,1H3;;. The second-order valence-corrected chi connectivity index (χ2v) is 39.2. The number of hydrogen-bond acceptors (Lipinski definition) is 34. The Bertz CT molecular complexity index is 7580. The minimum atomic E-state index is -0.750. The lowest BCUT2D eigenvalue weighted by molar-refractivity contribution is 0.122. The van der Waals surface area contributed by atoms with Gasteiger partial charge in [0.25, 0.3) is 0 Å². The zero-order valence-corrected chi connectivity index (χ0v) is 83.4. The largest absolute Gasteiger partial charge is 0.432 e. The van der Waals surface area contributed by atoms with E-state index in [0.29, 0.717) is 98.0 Å². The fourth-order valence-electron chi connectivity index (χ4n) is 20.1. The number of rotatable bonds is 21. The van der Waals surface area contributed by atoms with Gasteiger partial charge in [-0.25, -0.2) is 59.8 Å². The van der Waals surface area contributed by atoms with Crippen LogP contribution < -0.4 is 24.9 Å². The first kappa shape index (κ1) is 96.3. The summed E-state index contributed by atoms with van der Waals surface area (Å²) in [6.07, 6.45) is 32.5. The summed E-state index contributed by atoms with van der Waals surface area (Å²) in [7, 11) is 2.16. The molecule has 734 valence electrons. The molecule has 0 saturated carbocycles. The number of benzene rings is 4. The second-order valence-electron chi connectivity index (χ2n) is 36.6. The van der Waals surface area contributed by atoms with E-state index in [1.165, 1.54) is 85.7 Å². The number of fused-ring (bicyclic) bond motifs is 16. The Labute approximate surface area is 841 Å². The van der Waals surface area contributed by atoms with Crippen LogP contribution in [0.4, 0.5) is 23.3 Å². The number of anilines is 4. The van der Waals surface area contributed by atoms with E-state index in [1.807, 2.05) is 48.3 Å². The number of furan rings is 4. The third kappa shape index (κ3) is 21.0. The van der Waals surface area contributed by atoms with E-state index in [2.05, 4.69) is 221 Å². The first-order valence-electron chi connectivity index (χ1n) is 49.2. The first-order valence-corrected chi connectivity index (χ1v) is 52.8. The zero-order valence-electron chi connectivity index (χ0n) is 80.2. The molecule has 36 heteroatoms. The van der Waals surface area contributed by atoms with Gasteiger partial charge in [-0.1, -0.05) is 142 Å². The molecular formula is C107H110N20O12S4. The van der Waals surface area contributed by atoms with E-state index in [0.717, 1.165) is 273 Å². The Kier molecular flexibility index (Phi) is 30.3. The summed E-state index contributed by atoms with van der Waals surface area (Å²) in [6.45, 7) is 24.9. The summed E-state index contributed by atoms with van der Waals surface area (Å²) in [5.41, 5.74) is 27.7. The summed E-state index contributed by atoms with van der Waals surface area (Å²) < 4.78 is 80.7. The van der Waals surface area contributed by atoms with Crippen LogP contribution in [0.3, 0.4) is 0 Å². The number of hydrogen-bond donors (Lipinski definition) is 1. The lowest BCUT2D eigenvalue weighted by Crippen LogP contribution is -2.37. The molecule has 6 saturated heterocycles.